The summed E-state index contributed by atoms with van der Waals surface area (Å²) in [6.07, 6.45) is -1.37. The molecular formula is C16H25NNa4O9P2. The number of benzene rings is 1. The molecular weight excluding hydrogens is 504 g/mol. The van der Waals surface area contributed by atoms with Crippen LogP contribution in [0.1, 0.15) is 16.7 Å². The summed E-state index contributed by atoms with van der Waals surface area (Å²) in [7, 11) is -7.89. The van der Waals surface area contributed by atoms with Gasteiger partial charge in [-0.05, 0) is 48.9 Å². The molecule has 16 heteroatoms. The fourth-order valence-electron chi connectivity index (χ4n) is 2.71. The summed E-state index contributed by atoms with van der Waals surface area (Å²) in [4.78, 5) is 45.2. The van der Waals surface area contributed by atoms with E-state index in [-0.39, 0.29) is 138 Å². The van der Waals surface area contributed by atoms with E-state index in [2.05, 4.69) is 0 Å². The first kappa shape index (κ1) is 42.4. The van der Waals surface area contributed by atoms with Gasteiger partial charge in [0.25, 0.3) is 0 Å². The van der Waals surface area contributed by atoms with E-state index in [1.807, 2.05) is 0 Å². The molecule has 1 aromatic rings. The molecule has 0 fully saturated rings. The maximum Gasteiger partial charge on any atom is 1.00 e. The van der Waals surface area contributed by atoms with Crippen LogP contribution in [0.5, 0.6) is 0 Å². The zero-order valence-electron chi connectivity index (χ0n) is 19.5. The Morgan fingerprint density at radius 1 is 0.750 bits per heavy atom. The first-order chi connectivity index (χ1) is 12.8. The summed E-state index contributed by atoms with van der Waals surface area (Å²) in [6.45, 7) is -1.43. The van der Waals surface area contributed by atoms with E-state index in [0.717, 1.165) is 0 Å². The van der Waals surface area contributed by atoms with Crippen molar-refractivity contribution >= 4 is 15.2 Å². The van der Waals surface area contributed by atoms with Crippen molar-refractivity contribution in [3.8, 4) is 0 Å². The Balaban J connectivity index is -0.000000980. The SMILES string of the molecule is CN(Cc1cc(CCP(=O)([O-])[O-])cc(CCP(=O)([O-])[O-])c1)C(CO)(CO)CO.[Na+].[Na+].[Na+].[Na+]. The maximum absolute atomic E-state index is 10.9. The Labute approximate surface area is 277 Å². The third-order valence-corrected chi connectivity index (χ3v) is 6.12. The summed E-state index contributed by atoms with van der Waals surface area (Å²) in [5, 5.41) is 28.6. The fourth-order valence-corrected chi connectivity index (χ4v) is 3.77. The van der Waals surface area contributed by atoms with Crippen LogP contribution in [0.15, 0.2) is 18.2 Å². The van der Waals surface area contributed by atoms with Gasteiger partial charge in [0.05, 0.1) is 25.4 Å². The van der Waals surface area contributed by atoms with Crippen molar-refractivity contribution in [1.29, 1.82) is 0 Å². The van der Waals surface area contributed by atoms with Crippen molar-refractivity contribution in [2.24, 2.45) is 0 Å². The van der Waals surface area contributed by atoms with Crippen molar-refractivity contribution < 1.29 is 162 Å². The van der Waals surface area contributed by atoms with Gasteiger partial charge in [-0.2, -0.15) is 0 Å². The van der Waals surface area contributed by atoms with E-state index in [1.165, 1.54) is 11.0 Å². The van der Waals surface area contributed by atoms with E-state index in [1.54, 1.807) is 19.2 Å². The van der Waals surface area contributed by atoms with Gasteiger partial charge in [-0.1, -0.05) is 33.4 Å². The third-order valence-electron chi connectivity index (χ3n) is 4.57. The van der Waals surface area contributed by atoms with Gasteiger partial charge in [-0.15, -0.1) is 0 Å². The largest absolute Gasteiger partial charge is 1.00 e. The molecule has 0 aromatic heterocycles. The first-order valence-electron chi connectivity index (χ1n) is 8.52. The minimum Gasteiger partial charge on any atom is -0.811 e. The van der Waals surface area contributed by atoms with Crippen molar-refractivity contribution in [3.63, 3.8) is 0 Å². The molecule has 0 atom stereocenters. The molecule has 3 N–H and O–H groups in total. The van der Waals surface area contributed by atoms with Crippen LogP contribution in [0, 0.1) is 0 Å². The van der Waals surface area contributed by atoms with Crippen LogP contribution >= 0.6 is 15.2 Å². The molecule has 0 amide bonds. The predicted molar refractivity (Wildman–Crippen MR) is 94.3 cm³/mol. The van der Waals surface area contributed by atoms with E-state index in [0.29, 0.717) is 16.7 Å². The second-order valence-electron chi connectivity index (χ2n) is 6.88. The molecule has 0 aliphatic rings. The van der Waals surface area contributed by atoms with Crippen molar-refractivity contribution in [2.75, 3.05) is 39.2 Å². The summed E-state index contributed by atoms with van der Waals surface area (Å²) >= 11 is 0. The normalized spacial score (nSPS) is 11.7. The predicted octanol–water partition coefficient (Wildman–Crippen LogP) is -15.2. The van der Waals surface area contributed by atoms with Gasteiger partial charge in [0, 0.05) is 6.54 Å². The monoisotopic (exact) mass is 529 g/mol. The molecule has 0 heterocycles. The van der Waals surface area contributed by atoms with Crippen LogP contribution in [-0.4, -0.2) is 65.0 Å². The molecule has 0 unspecified atom stereocenters. The summed E-state index contributed by atoms with van der Waals surface area (Å²) < 4.78 is 21.8. The quantitative estimate of drug-likeness (QED) is 0.173. The van der Waals surface area contributed by atoms with Gasteiger partial charge >= 0.3 is 118 Å². The number of aliphatic hydroxyl groups is 3. The molecule has 1 aromatic carbocycles. The molecule has 0 saturated heterocycles. The molecule has 0 radical (unpaired) electrons. The molecule has 0 aliphatic heterocycles. The standard InChI is InChI=1S/C16H29NO9P2.4Na/c1-17(16(10-18,11-19)12-20)9-15-7-13(2-4-27(21,22)23)6-14(8-15)3-5-28(24,25)26;;;;/h6-8,18-20H,2-5,9-12H2,1H3,(H2,21,22,23)(H2,24,25,26);;;;/q;4*+1/p-4. The van der Waals surface area contributed by atoms with Crippen LogP contribution in [0.2, 0.25) is 0 Å². The molecule has 32 heavy (non-hydrogen) atoms. The Morgan fingerprint density at radius 3 is 1.34 bits per heavy atom. The van der Waals surface area contributed by atoms with Crippen LogP contribution < -0.4 is 138 Å². The van der Waals surface area contributed by atoms with E-state index < -0.39 is 52.9 Å². The van der Waals surface area contributed by atoms with Crippen LogP contribution in [0.25, 0.3) is 0 Å². The Kier molecular flexibility index (Phi) is 25.8. The van der Waals surface area contributed by atoms with E-state index in [4.69, 9.17) is 0 Å². The minimum absolute atomic E-state index is 0. The van der Waals surface area contributed by atoms with Crippen molar-refractivity contribution in [2.45, 2.75) is 24.9 Å². The number of nitrogens with zero attached hydrogens (tertiary/aromatic N) is 1. The number of hydrogen-bond donors (Lipinski definition) is 3. The summed E-state index contributed by atoms with van der Waals surface area (Å²) in [5.41, 5.74) is 0.229. The van der Waals surface area contributed by atoms with Gasteiger partial charge in [0.1, 0.15) is 0 Å². The van der Waals surface area contributed by atoms with Gasteiger partial charge in [-0.25, -0.2) is 0 Å². The molecule has 0 aliphatic carbocycles. The molecule has 0 spiro atoms. The van der Waals surface area contributed by atoms with E-state index >= 15 is 0 Å². The minimum atomic E-state index is -4.73. The van der Waals surface area contributed by atoms with Crippen LogP contribution in [0.4, 0.5) is 0 Å². The number of hydrogen-bond acceptors (Lipinski definition) is 10. The molecule has 0 bridgehead atoms. The Hall–Kier alpha value is 3.36. The maximum atomic E-state index is 10.9. The molecule has 10 nitrogen and oxygen atoms in total. The Morgan fingerprint density at radius 2 is 1.06 bits per heavy atom. The third kappa shape index (κ3) is 16.3. The molecule has 0 saturated carbocycles. The average Bonchev–Trinajstić information content (AvgIpc) is 2.59. The average molecular weight is 529 g/mol. The summed E-state index contributed by atoms with van der Waals surface area (Å²) in [5.74, 6) is 0. The molecule has 1 rings (SSSR count). The topological polar surface area (TPSA) is 190 Å². The smallest absolute Gasteiger partial charge is 0.811 e. The second kappa shape index (κ2) is 19.4. The van der Waals surface area contributed by atoms with Crippen molar-refractivity contribution in [1.82, 2.24) is 4.90 Å². The van der Waals surface area contributed by atoms with Crippen molar-refractivity contribution in [3.05, 3.63) is 34.9 Å². The fraction of sp³-hybridized carbons (Fsp3) is 0.625. The summed E-state index contributed by atoms with van der Waals surface area (Å²) in [6, 6.07) is 4.76. The zero-order chi connectivity index (χ0) is 21.6. The molecule has 162 valence electrons. The van der Waals surface area contributed by atoms with Crippen LogP contribution in [0.3, 0.4) is 0 Å². The van der Waals surface area contributed by atoms with E-state index in [9.17, 15) is 44.0 Å². The number of aryl methyl sites for hydroxylation is 2. The first-order valence-corrected chi connectivity index (χ1v) is 12.0. The number of aliphatic hydroxyl groups excluding tert-OH is 3. The zero-order valence-corrected chi connectivity index (χ0v) is 29.3. The van der Waals surface area contributed by atoms with Gasteiger partial charge < -0.3 is 44.0 Å². The Bertz CT molecular complexity index is 692. The number of rotatable bonds is 12. The van der Waals surface area contributed by atoms with Gasteiger partial charge in [0.15, 0.2) is 0 Å². The van der Waals surface area contributed by atoms with Gasteiger partial charge in [-0.3, -0.25) is 4.90 Å². The second-order valence-corrected chi connectivity index (χ2v) is 10.2. The van der Waals surface area contributed by atoms with Crippen LogP contribution in [-0.2, 0) is 28.5 Å². The van der Waals surface area contributed by atoms with Gasteiger partial charge in [0.2, 0.25) is 0 Å². The number of likely N-dealkylation sites (N-methyl/N-ethyl adjacent to an activating group) is 1.